The number of hydrogen-bond acceptors (Lipinski definition) is 19. The summed E-state index contributed by atoms with van der Waals surface area (Å²) in [6.07, 6.45) is 24.0. The second-order valence-electron chi connectivity index (χ2n) is 34.9. The molecule has 136 heavy (non-hydrogen) atoms. The minimum Gasteiger partial charge on any atom is -0.370 e. The van der Waals surface area contributed by atoms with Crippen LogP contribution in [-0.4, -0.2) is 183 Å². The Morgan fingerprint density at radius 1 is 0.397 bits per heavy atom. The number of benzene rings is 6. The van der Waals surface area contributed by atoms with Crippen LogP contribution in [0.25, 0.3) is 55.5 Å². The molecular formula is C102H120FN21O10S2. The molecule has 16 rings (SSSR count). The van der Waals surface area contributed by atoms with Crippen molar-refractivity contribution < 1.29 is 52.3 Å². The van der Waals surface area contributed by atoms with Crippen molar-refractivity contribution in [3.63, 3.8) is 0 Å². The van der Waals surface area contributed by atoms with Gasteiger partial charge in [0.05, 0.1) is 65.5 Å². The fourth-order valence-electron chi connectivity index (χ4n) is 18.0. The highest BCUT2D eigenvalue weighted by Gasteiger charge is 2.31. The van der Waals surface area contributed by atoms with E-state index in [-0.39, 0.29) is 96.5 Å². The molecule has 4 saturated carbocycles. The fraction of sp³-hybridized carbons (Fsp3) is 0.382. The van der Waals surface area contributed by atoms with E-state index in [2.05, 4.69) is 66.1 Å². The van der Waals surface area contributed by atoms with Gasteiger partial charge >= 0.3 is 0 Å². The Morgan fingerprint density at radius 3 is 1.03 bits per heavy atom. The van der Waals surface area contributed by atoms with Crippen LogP contribution in [0.5, 0.6) is 0 Å². The van der Waals surface area contributed by atoms with Crippen LogP contribution in [-0.2, 0) is 45.4 Å². The monoisotopic (exact) mass is 1880 g/mol. The van der Waals surface area contributed by atoms with Crippen molar-refractivity contribution in [2.24, 2.45) is 11.5 Å². The average molecular weight is 1880 g/mol. The molecular weight excluding hydrogens is 1760 g/mol. The van der Waals surface area contributed by atoms with Crippen molar-refractivity contribution in [2.45, 2.75) is 211 Å². The van der Waals surface area contributed by atoms with E-state index in [1.807, 2.05) is 125 Å². The molecule has 31 nitrogen and oxygen atoms in total. The fourth-order valence-corrected chi connectivity index (χ4v) is 19.2. The molecule has 6 aromatic carbocycles. The van der Waals surface area contributed by atoms with E-state index < -0.39 is 11.8 Å². The van der Waals surface area contributed by atoms with E-state index in [4.69, 9.17) is 16.5 Å². The molecule has 0 aliphatic heterocycles. The number of nitriles is 1. The highest BCUT2D eigenvalue weighted by atomic mass is 32.1. The highest BCUT2D eigenvalue weighted by Crippen LogP contribution is 2.34. The lowest BCUT2D eigenvalue weighted by Crippen LogP contribution is -2.38. The molecule has 0 atom stereocenters. The molecule has 10 amide bonds. The van der Waals surface area contributed by atoms with E-state index in [1.165, 1.54) is 60.5 Å². The maximum atomic E-state index is 13.7. The van der Waals surface area contributed by atoms with Gasteiger partial charge < -0.3 is 70.6 Å². The first-order valence-corrected chi connectivity index (χ1v) is 48.4. The van der Waals surface area contributed by atoms with Crippen molar-refractivity contribution in [1.29, 1.82) is 5.26 Å². The number of carbonyl (C=O) groups is 10. The quantitative estimate of drug-likeness (QED) is 0.0200. The van der Waals surface area contributed by atoms with E-state index in [1.54, 1.807) is 99.0 Å². The lowest BCUT2D eigenvalue weighted by Gasteiger charge is -2.31. The van der Waals surface area contributed by atoms with Crippen molar-refractivity contribution in [3.05, 3.63) is 224 Å². The maximum Gasteiger partial charge on any atom is 0.268 e. The zero-order valence-corrected chi connectivity index (χ0v) is 79.6. The Hall–Kier alpha value is -14.2. The first-order chi connectivity index (χ1) is 65.6. The average Bonchev–Trinajstić information content (AvgIpc) is 1.65. The first kappa shape index (κ1) is 99.3. The molecule has 0 bridgehead atoms. The number of aryl methyl sites for hydroxylation is 4. The van der Waals surface area contributed by atoms with E-state index in [9.17, 15) is 57.6 Å². The van der Waals surface area contributed by atoms with Gasteiger partial charge in [0.1, 0.15) is 5.82 Å². The second kappa shape index (κ2) is 47.1. The lowest BCUT2D eigenvalue weighted by atomic mass is 9.94. The molecule has 4 aliphatic carbocycles. The first-order valence-electron chi connectivity index (χ1n) is 46.6. The Bertz CT molecular complexity index is 6380. The number of nitrogens with zero attached hydrogens (tertiary/aromatic N) is 13. The van der Waals surface area contributed by atoms with Crippen LogP contribution in [0.1, 0.15) is 238 Å². The lowest BCUT2D eigenvalue weighted by molar-refractivity contribution is -0.121. The summed E-state index contributed by atoms with van der Waals surface area (Å²) in [5, 5.41) is 30.2. The summed E-state index contributed by atoms with van der Waals surface area (Å²) in [5.74, 6) is -0.217. The normalized spacial score (nSPS) is 14.1. The molecule has 34 heteroatoms. The molecule has 0 spiro atoms. The predicted molar refractivity (Wildman–Crippen MR) is 532 cm³/mol. The minimum atomic E-state index is -0.433. The van der Waals surface area contributed by atoms with Gasteiger partial charge in [0.25, 0.3) is 35.4 Å². The Balaban J connectivity index is 0.000000153. The number of rotatable bonds is 31. The van der Waals surface area contributed by atoms with Crippen molar-refractivity contribution in [2.75, 3.05) is 63.6 Å². The van der Waals surface area contributed by atoms with Crippen LogP contribution in [0.3, 0.4) is 0 Å². The summed E-state index contributed by atoms with van der Waals surface area (Å²) < 4.78 is 21.1. The molecule has 6 aromatic heterocycles. The minimum absolute atomic E-state index is 0.00728. The molecule has 712 valence electrons. The zero-order chi connectivity index (χ0) is 96.6. The van der Waals surface area contributed by atoms with Gasteiger partial charge in [0, 0.05) is 158 Å². The van der Waals surface area contributed by atoms with Crippen LogP contribution in [0.4, 0.5) is 28.2 Å². The summed E-state index contributed by atoms with van der Waals surface area (Å²) in [6.45, 7) is 9.60. The summed E-state index contributed by atoms with van der Waals surface area (Å²) in [7, 11) is 10.7. The number of aromatic nitrogens is 8. The van der Waals surface area contributed by atoms with Crippen molar-refractivity contribution in [3.8, 4) is 6.07 Å². The number of primary amides is 2. The van der Waals surface area contributed by atoms with Crippen LogP contribution >= 0.6 is 22.7 Å². The number of anilines is 4. The summed E-state index contributed by atoms with van der Waals surface area (Å²) >= 11 is 2.70. The topological polar surface area (TPSA) is 403 Å². The summed E-state index contributed by atoms with van der Waals surface area (Å²) in [4.78, 5) is 152. The van der Waals surface area contributed by atoms with Gasteiger partial charge in [-0.3, -0.25) is 58.6 Å². The van der Waals surface area contributed by atoms with Gasteiger partial charge in [0.2, 0.25) is 47.4 Å². The smallest absolute Gasteiger partial charge is 0.268 e. The molecule has 4 aliphatic rings. The molecule has 4 fully saturated rings. The zero-order valence-electron chi connectivity index (χ0n) is 78.0. The third kappa shape index (κ3) is 25.2. The number of thiophene rings is 2. The molecule has 10 N–H and O–H groups in total. The third-order valence-corrected chi connectivity index (χ3v) is 27.5. The Morgan fingerprint density at radius 2 is 0.713 bits per heavy atom. The number of amides is 10. The van der Waals surface area contributed by atoms with Gasteiger partial charge in [-0.05, 0) is 183 Å². The predicted octanol–water partition coefficient (Wildman–Crippen LogP) is 17.0. The molecule has 12 aromatic rings. The molecule has 0 saturated heterocycles. The summed E-state index contributed by atoms with van der Waals surface area (Å²) in [5.41, 5.74) is 21.6. The van der Waals surface area contributed by atoms with Gasteiger partial charge in [-0.2, -0.15) is 5.26 Å². The molecule has 0 radical (unpaired) electrons. The third-order valence-electron chi connectivity index (χ3n) is 25.8. The van der Waals surface area contributed by atoms with Crippen LogP contribution in [0.2, 0.25) is 0 Å². The Labute approximate surface area is 798 Å². The van der Waals surface area contributed by atoms with Crippen LogP contribution < -0.4 is 43.4 Å². The number of imidazole rings is 4. The second-order valence-corrected chi connectivity index (χ2v) is 36.8. The van der Waals surface area contributed by atoms with E-state index >= 15 is 0 Å². The SMILES string of the molecule is C=C(Nc1nc2cc(C(=O)N(C)C3CCCCC3)ccc2n1CCC(N)=O)c1cccc(C#N)c1.C=C(Nc1nc2cc(C(=O)N(C)C3CCCCC3)ccc2n1CCC(N)=O)c1cccc(F)c1.CNC(=O)CCCn1c(NC(=O)c2cccs2)nc2cc(C(=O)N(C)C3CCCCC3)ccc21.CNC(=O)CCn1c(NC(=O)c2cccs2)nc2cc(C(=O)N(C)C3CCCCC3)ccc21. The van der Waals surface area contributed by atoms with Gasteiger partial charge in [-0.25, -0.2) is 24.3 Å². The molecule has 0 unspecified atom stereocenters. The largest absolute Gasteiger partial charge is 0.370 e. The maximum absolute atomic E-state index is 13.7. The number of nitrogens with two attached hydrogens (primary N) is 2. The highest BCUT2D eigenvalue weighted by molar-refractivity contribution is 7.12. The van der Waals surface area contributed by atoms with Crippen molar-refractivity contribution >= 4 is 161 Å². The van der Waals surface area contributed by atoms with E-state index in [0.29, 0.717) is 139 Å². The van der Waals surface area contributed by atoms with Gasteiger partial charge in [-0.1, -0.05) is 127 Å². The number of fused-ring (bicyclic) bond motifs is 4. The van der Waals surface area contributed by atoms with Crippen molar-refractivity contribution in [1.82, 2.24) is 68.4 Å². The number of halogens is 1. The van der Waals surface area contributed by atoms with Crippen LogP contribution in [0, 0.1) is 17.1 Å². The standard InChI is InChI=1S/C27H30N6O2.C26H30FN5O2.C25H31N5O3S.C24H29N5O3S/c1-18(20-8-6-7-19(15-20)17-28)30-27-31-23-16-21(11-12-24(23)33(27)14-13-25(29)34)26(35)32(2)22-9-4-3-5-10-22;1-17(18-7-6-8-20(27)15-18)29-26-30-22-16-19(11-12-23(22)32(26)14-13-24(28)33)25(34)31(2)21-9-4-3-5-10-21;1-26-22(31)11-6-14-30-20-13-12-17(24(33)29(2)18-8-4-3-5-9-18)16-19(20)27-25(30)28-23(32)21-10-7-15-34-21;1-25-21(30)12-13-29-19-11-10-16(23(32)28(2)17-7-4-3-5-8-17)15-18(19)26-24(29)27-22(31)20-9-6-14-33-20/h6-8,11-12,15-16,22H,1,3-5,9-10,13-14H2,2H3,(H2,29,34)(H,30,31);6-8,11-12,15-16,21H,1,3-5,9-10,13-14H2,2H3,(H2,28,33)(H,29,30);7,10,12-13,15-16,18H,3-6,8-9,11,14H2,1-2H3,(H,26,31)(H,27,28,32);6,9-11,14-15,17H,3-5,7-8,12-13H2,1-2H3,(H,25,30)(H,26,27,31). The van der Waals surface area contributed by atoms with Crippen LogP contribution in [0.15, 0.2) is 170 Å². The van der Waals surface area contributed by atoms with Gasteiger partial charge in [-0.15, -0.1) is 22.7 Å². The number of nitrogens with one attached hydrogen (secondary N) is 6. The molecule has 6 heterocycles. The number of hydrogen-bond donors (Lipinski definition) is 8. The number of carbonyl (C=O) groups excluding carboxylic acids is 10. The van der Waals surface area contributed by atoms with E-state index in [0.717, 1.165) is 130 Å². The Kier molecular flexibility index (Phi) is 34.4. The van der Waals surface area contributed by atoms with Gasteiger partial charge in [0.15, 0.2) is 0 Å². The summed E-state index contributed by atoms with van der Waals surface area (Å²) in [6, 6.07) is 45.3.